The van der Waals surface area contributed by atoms with E-state index in [1.807, 2.05) is 46.8 Å². The van der Waals surface area contributed by atoms with Crippen molar-refractivity contribution in [2.75, 3.05) is 13.1 Å². The van der Waals surface area contributed by atoms with E-state index in [1.165, 1.54) is 11.1 Å². The molecule has 128 valence electrons. The number of carbonyl (C=O) groups excluding carboxylic acids is 2. The molecule has 0 aliphatic carbocycles. The first kappa shape index (κ1) is 17.8. The minimum atomic E-state index is -0.857. The zero-order valence-electron chi connectivity index (χ0n) is 14.8. The van der Waals surface area contributed by atoms with Crippen molar-refractivity contribution in [3.63, 3.8) is 0 Å². The molecule has 3 amide bonds. The lowest BCUT2D eigenvalue weighted by molar-refractivity contribution is -0.127. The zero-order chi connectivity index (χ0) is 17.9. The van der Waals surface area contributed by atoms with Crippen molar-refractivity contribution in [1.82, 2.24) is 9.91 Å². The number of amides is 3. The van der Waals surface area contributed by atoms with Crippen LogP contribution < -0.4 is 0 Å². The van der Waals surface area contributed by atoms with Crippen LogP contribution in [0.4, 0.5) is 10.5 Å². The normalized spacial score (nSPS) is 17.1. The second kappa shape index (κ2) is 7.33. The maximum Gasteiger partial charge on any atom is 0.347 e. The molecule has 0 fully saturated rings. The van der Waals surface area contributed by atoms with Gasteiger partial charge < -0.3 is 4.90 Å². The van der Waals surface area contributed by atoms with Crippen LogP contribution in [-0.4, -0.2) is 47.2 Å². The average Bonchev–Trinajstić information content (AvgIpc) is 2.88. The molecule has 7 nitrogen and oxygen atoms in total. The summed E-state index contributed by atoms with van der Waals surface area (Å²) < 4.78 is 0. The second-order valence-corrected chi connectivity index (χ2v) is 5.78. The van der Waals surface area contributed by atoms with Crippen LogP contribution in [-0.2, 0) is 4.79 Å². The Bertz CT molecular complexity index is 684. The molecule has 24 heavy (non-hydrogen) atoms. The van der Waals surface area contributed by atoms with Crippen molar-refractivity contribution >= 4 is 23.8 Å². The van der Waals surface area contributed by atoms with Gasteiger partial charge in [0.2, 0.25) is 0 Å². The molecule has 0 saturated heterocycles. The third-order valence-corrected chi connectivity index (χ3v) is 3.92. The van der Waals surface area contributed by atoms with E-state index >= 15 is 0 Å². The zero-order valence-corrected chi connectivity index (χ0v) is 14.8. The molecule has 1 aromatic rings. The van der Waals surface area contributed by atoms with Gasteiger partial charge in [-0.2, -0.15) is 15.3 Å². The Morgan fingerprint density at radius 2 is 1.79 bits per heavy atom. The molecule has 1 aliphatic rings. The predicted octanol–water partition coefficient (Wildman–Crippen LogP) is 3.35. The molecule has 0 N–H and O–H groups in total. The van der Waals surface area contributed by atoms with Crippen LogP contribution in [0.15, 0.2) is 27.5 Å². The lowest BCUT2D eigenvalue weighted by atomic mass is 10.1. The van der Waals surface area contributed by atoms with Crippen LogP contribution in [0.2, 0.25) is 0 Å². The van der Waals surface area contributed by atoms with E-state index in [0.29, 0.717) is 13.1 Å². The highest BCUT2D eigenvalue weighted by atomic mass is 16.2. The predicted molar refractivity (Wildman–Crippen MR) is 92.6 cm³/mol. The van der Waals surface area contributed by atoms with E-state index in [-0.39, 0.29) is 0 Å². The second-order valence-electron chi connectivity index (χ2n) is 5.78. The number of hydrazone groups is 1. The molecule has 0 spiro atoms. The molecule has 0 aromatic heterocycles. The maximum atomic E-state index is 12.3. The number of urea groups is 1. The third kappa shape index (κ3) is 3.50. The van der Waals surface area contributed by atoms with Gasteiger partial charge in [-0.1, -0.05) is 17.7 Å². The number of carbonyl (C=O) groups is 2. The van der Waals surface area contributed by atoms with Crippen molar-refractivity contribution in [3.05, 3.63) is 28.8 Å². The average molecular weight is 329 g/mol. The standard InChI is InChI=1S/C17H23N5O2/c1-6-21(7-2)17(24)22-16(23)14(10-18-22)19-20-15-12(4)8-11(3)9-13(15)5/h8-10,14H,6-7H2,1-5H3. The van der Waals surface area contributed by atoms with Crippen LogP contribution in [0, 0.1) is 20.8 Å². The molecular formula is C17H23N5O2. The van der Waals surface area contributed by atoms with Gasteiger partial charge in [-0.3, -0.25) is 4.79 Å². The number of benzene rings is 1. The molecule has 1 aliphatic heterocycles. The lowest BCUT2D eigenvalue weighted by Crippen LogP contribution is -2.43. The molecular weight excluding hydrogens is 306 g/mol. The first-order valence-electron chi connectivity index (χ1n) is 8.04. The Morgan fingerprint density at radius 1 is 1.21 bits per heavy atom. The van der Waals surface area contributed by atoms with Gasteiger partial charge in [0.25, 0.3) is 5.91 Å². The number of hydrogen-bond acceptors (Lipinski definition) is 5. The van der Waals surface area contributed by atoms with Gasteiger partial charge in [0.15, 0.2) is 6.04 Å². The number of imide groups is 1. The summed E-state index contributed by atoms with van der Waals surface area (Å²) >= 11 is 0. The fourth-order valence-corrected chi connectivity index (χ4v) is 2.68. The summed E-state index contributed by atoms with van der Waals surface area (Å²) in [7, 11) is 0. The number of azo groups is 1. The Labute approximate surface area is 142 Å². The first-order chi connectivity index (χ1) is 11.4. The fourth-order valence-electron chi connectivity index (χ4n) is 2.68. The highest BCUT2D eigenvalue weighted by Crippen LogP contribution is 2.26. The number of rotatable bonds is 4. The van der Waals surface area contributed by atoms with Gasteiger partial charge in [-0.15, -0.1) is 5.01 Å². The molecule has 0 bridgehead atoms. The van der Waals surface area contributed by atoms with Gasteiger partial charge in [-0.25, -0.2) is 4.79 Å². The number of hydrogen-bond donors (Lipinski definition) is 0. The summed E-state index contributed by atoms with van der Waals surface area (Å²) in [5.74, 6) is -0.474. The molecule has 7 heteroatoms. The monoisotopic (exact) mass is 329 g/mol. The van der Waals surface area contributed by atoms with Crippen molar-refractivity contribution in [3.8, 4) is 0 Å². The summed E-state index contributed by atoms with van der Waals surface area (Å²) in [6, 6.07) is 2.75. The summed E-state index contributed by atoms with van der Waals surface area (Å²) in [5, 5.41) is 13.1. The highest BCUT2D eigenvalue weighted by Gasteiger charge is 2.35. The SMILES string of the molecule is CCN(CC)C(=O)N1N=CC(N=Nc2c(C)cc(C)cc2C)C1=O. The van der Waals surface area contributed by atoms with Crippen molar-refractivity contribution in [2.24, 2.45) is 15.3 Å². The molecule has 1 unspecified atom stereocenters. The van der Waals surface area contributed by atoms with Gasteiger partial charge in [-0.05, 0) is 45.7 Å². The smallest absolute Gasteiger partial charge is 0.323 e. The minimum absolute atomic E-state index is 0.429. The Kier molecular flexibility index (Phi) is 5.43. The Balaban J connectivity index is 2.15. The molecule has 0 saturated carbocycles. The van der Waals surface area contributed by atoms with E-state index in [2.05, 4.69) is 15.3 Å². The Morgan fingerprint density at radius 3 is 2.33 bits per heavy atom. The van der Waals surface area contributed by atoms with E-state index < -0.39 is 18.0 Å². The van der Waals surface area contributed by atoms with Crippen molar-refractivity contribution in [2.45, 2.75) is 40.7 Å². The van der Waals surface area contributed by atoms with Gasteiger partial charge >= 0.3 is 6.03 Å². The summed E-state index contributed by atoms with van der Waals surface area (Å²) in [4.78, 5) is 26.1. The highest BCUT2D eigenvalue weighted by molar-refractivity contribution is 6.08. The lowest BCUT2D eigenvalue weighted by Gasteiger charge is -2.22. The maximum absolute atomic E-state index is 12.3. The van der Waals surface area contributed by atoms with Crippen LogP contribution in [0.1, 0.15) is 30.5 Å². The van der Waals surface area contributed by atoms with E-state index in [0.717, 1.165) is 27.4 Å². The number of aryl methyl sites for hydroxylation is 3. The summed E-state index contributed by atoms with van der Waals surface area (Å²) in [6.07, 6.45) is 1.35. The topological polar surface area (TPSA) is 77.7 Å². The van der Waals surface area contributed by atoms with Crippen LogP contribution in [0.3, 0.4) is 0 Å². The van der Waals surface area contributed by atoms with Crippen molar-refractivity contribution < 1.29 is 9.59 Å². The van der Waals surface area contributed by atoms with E-state index in [9.17, 15) is 9.59 Å². The van der Waals surface area contributed by atoms with Gasteiger partial charge in [0.05, 0.1) is 11.9 Å². The van der Waals surface area contributed by atoms with E-state index in [4.69, 9.17) is 0 Å². The van der Waals surface area contributed by atoms with Crippen molar-refractivity contribution in [1.29, 1.82) is 0 Å². The van der Waals surface area contributed by atoms with Crippen LogP contribution in [0.5, 0.6) is 0 Å². The largest absolute Gasteiger partial charge is 0.347 e. The third-order valence-electron chi connectivity index (χ3n) is 3.92. The summed E-state index contributed by atoms with van der Waals surface area (Å²) in [5.41, 5.74) is 3.89. The summed E-state index contributed by atoms with van der Waals surface area (Å²) in [6.45, 7) is 10.7. The van der Waals surface area contributed by atoms with E-state index in [1.54, 1.807) is 0 Å². The molecule has 1 atom stereocenters. The van der Waals surface area contributed by atoms with Crippen LogP contribution in [0.25, 0.3) is 0 Å². The van der Waals surface area contributed by atoms with Crippen LogP contribution >= 0.6 is 0 Å². The Hall–Kier alpha value is -2.57. The molecule has 2 rings (SSSR count). The molecule has 1 heterocycles. The van der Waals surface area contributed by atoms with Gasteiger partial charge in [0, 0.05) is 13.1 Å². The molecule has 1 aromatic carbocycles. The minimum Gasteiger partial charge on any atom is -0.323 e. The number of nitrogens with zero attached hydrogens (tertiary/aromatic N) is 5. The first-order valence-corrected chi connectivity index (χ1v) is 8.04. The molecule has 0 radical (unpaired) electrons. The van der Waals surface area contributed by atoms with Gasteiger partial charge in [0.1, 0.15) is 0 Å². The quantitative estimate of drug-likeness (QED) is 0.794. The fraction of sp³-hybridized carbons (Fsp3) is 0.471.